The number of aromatic nitrogens is 2. The number of nitrogens with two attached hydrogens (primary N) is 1. The van der Waals surface area contributed by atoms with Crippen molar-refractivity contribution in [3.05, 3.63) is 68.9 Å². The van der Waals surface area contributed by atoms with Gasteiger partial charge in [-0.15, -0.1) is 0 Å². The van der Waals surface area contributed by atoms with E-state index in [1.54, 1.807) is 31.3 Å². The molecule has 0 amide bonds. The van der Waals surface area contributed by atoms with Crippen molar-refractivity contribution in [2.75, 3.05) is 32.6 Å². The molecule has 2 N–H and O–H groups in total. The van der Waals surface area contributed by atoms with E-state index in [0.29, 0.717) is 22.3 Å². The molecule has 9 heteroatoms. The number of ether oxygens (including phenoxy) is 1. The fourth-order valence-electron chi connectivity index (χ4n) is 3.32. The van der Waals surface area contributed by atoms with Gasteiger partial charge in [0.1, 0.15) is 0 Å². The van der Waals surface area contributed by atoms with Crippen molar-refractivity contribution < 1.29 is 9.53 Å². The van der Waals surface area contributed by atoms with Gasteiger partial charge in [0.2, 0.25) is 0 Å². The van der Waals surface area contributed by atoms with Crippen LogP contribution in [0.4, 0.5) is 11.4 Å². The van der Waals surface area contributed by atoms with Gasteiger partial charge in [-0.05, 0) is 43.5 Å². The highest BCUT2D eigenvalue weighted by atomic mass is 16.5. The molecule has 0 aliphatic rings. The Morgan fingerprint density at radius 3 is 2.39 bits per heavy atom. The maximum Gasteiger partial charge on any atom is 0.335 e. The minimum Gasteiger partial charge on any atom is -0.468 e. The zero-order valence-corrected chi connectivity index (χ0v) is 19.6. The number of nitrogens with zero attached hydrogens (tertiary/aromatic N) is 4. The minimum absolute atomic E-state index is 0.0312. The van der Waals surface area contributed by atoms with Gasteiger partial charge in [-0.2, -0.15) is 0 Å². The van der Waals surface area contributed by atoms with Gasteiger partial charge < -0.3 is 15.4 Å². The molecule has 0 atom stereocenters. The molecule has 9 nitrogen and oxygen atoms in total. The Morgan fingerprint density at radius 1 is 1.24 bits per heavy atom. The second-order valence-electron chi connectivity index (χ2n) is 7.38. The van der Waals surface area contributed by atoms with Crippen molar-refractivity contribution >= 4 is 41.0 Å². The van der Waals surface area contributed by atoms with Gasteiger partial charge >= 0.3 is 11.7 Å². The van der Waals surface area contributed by atoms with Crippen LogP contribution in [0.3, 0.4) is 0 Å². The number of rotatable bonds is 5. The van der Waals surface area contributed by atoms with Crippen molar-refractivity contribution in [3.63, 3.8) is 0 Å². The molecule has 0 radical (unpaired) electrons. The Labute approximate surface area is 192 Å². The highest BCUT2D eigenvalue weighted by Crippen LogP contribution is 2.30. The third kappa shape index (κ3) is 4.93. The molecule has 3 rings (SSSR count). The Balaban J connectivity index is 0.000000569. The van der Waals surface area contributed by atoms with E-state index in [9.17, 15) is 14.4 Å². The second-order valence-corrected chi connectivity index (χ2v) is 7.38. The van der Waals surface area contributed by atoms with E-state index in [0.717, 1.165) is 21.4 Å². The first-order chi connectivity index (χ1) is 15.6. The first kappa shape index (κ1) is 25.3. The first-order valence-corrected chi connectivity index (χ1v) is 10.1. The zero-order chi connectivity index (χ0) is 24.9. The van der Waals surface area contributed by atoms with E-state index < -0.39 is 5.69 Å². The molecule has 0 saturated carbocycles. The second kappa shape index (κ2) is 10.6. The molecule has 0 bridgehead atoms. The zero-order valence-electron chi connectivity index (χ0n) is 19.6. The molecule has 1 heterocycles. The summed E-state index contributed by atoms with van der Waals surface area (Å²) in [7, 11) is 6.75. The number of carbonyl (C=O) groups excluding carboxylic acids is 1. The number of benzene rings is 2. The Morgan fingerprint density at radius 2 is 1.91 bits per heavy atom. The molecule has 0 aliphatic heterocycles. The van der Waals surface area contributed by atoms with E-state index in [1.165, 1.54) is 11.7 Å². The maximum absolute atomic E-state index is 13.3. The molecule has 1 aromatic heterocycles. The van der Waals surface area contributed by atoms with E-state index in [1.807, 2.05) is 38.1 Å². The predicted molar refractivity (Wildman–Crippen MR) is 134 cm³/mol. The van der Waals surface area contributed by atoms with Crippen LogP contribution in [0.1, 0.15) is 11.1 Å². The lowest BCUT2D eigenvalue weighted by Gasteiger charge is -2.17. The van der Waals surface area contributed by atoms with E-state index in [4.69, 9.17) is 5.73 Å². The number of aryl methyl sites for hydroxylation is 2. The lowest BCUT2D eigenvalue weighted by atomic mass is 10.0. The van der Waals surface area contributed by atoms with Crippen molar-refractivity contribution in [2.24, 2.45) is 17.8 Å². The average Bonchev–Trinajstić information content (AvgIpc) is 2.82. The molecule has 0 unspecified atom stereocenters. The Bertz CT molecular complexity index is 1330. The van der Waals surface area contributed by atoms with Gasteiger partial charge in [0.25, 0.3) is 5.56 Å². The van der Waals surface area contributed by atoms with Crippen LogP contribution in [0.25, 0.3) is 22.7 Å². The first-order valence-electron chi connectivity index (χ1n) is 10.1. The van der Waals surface area contributed by atoms with Crippen LogP contribution in [-0.4, -0.2) is 49.6 Å². The highest BCUT2D eigenvalue weighted by molar-refractivity contribution is 5.83. The molecule has 0 spiro atoms. The van der Waals surface area contributed by atoms with Crippen LogP contribution in [0.2, 0.25) is 0 Å². The molecule has 0 saturated heterocycles. The number of carbonyl (C=O) groups is 1. The number of aliphatic imine (C=N–C) groups is 1. The van der Waals surface area contributed by atoms with Crippen LogP contribution in [0.15, 0.2) is 51.5 Å². The van der Waals surface area contributed by atoms with Gasteiger partial charge in [0, 0.05) is 32.4 Å². The molecule has 0 fully saturated rings. The number of hydrogen-bond acceptors (Lipinski definition) is 7. The third-order valence-corrected chi connectivity index (χ3v) is 5.18. The van der Waals surface area contributed by atoms with E-state index in [2.05, 4.69) is 23.0 Å². The Hall–Kier alpha value is -3.98. The molecule has 0 aliphatic carbocycles. The number of fused-ring (bicyclic) bond motifs is 1. The molecular formula is C24H29N5O4. The fourth-order valence-corrected chi connectivity index (χ4v) is 3.32. The van der Waals surface area contributed by atoms with Crippen molar-refractivity contribution in [2.45, 2.75) is 6.92 Å². The van der Waals surface area contributed by atoms with Crippen LogP contribution in [-0.2, 0) is 16.6 Å². The summed E-state index contributed by atoms with van der Waals surface area (Å²) >= 11 is 0. The van der Waals surface area contributed by atoms with E-state index in [-0.39, 0.29) is 18.1 Å². The van der Waals surface area contributed by atoms with Crippen LogP contribution in [0.5, 0.6) is 0 Å². The summed E-state index contributed by atoms with van der Waals surface area (Å²) in [6.07, 6.45) is 1.66. The quantitative estimate of drug-likeness (QED) is 0.470. The highest BCUT2D eigenvalue weighted by Gasteiger charge is 2.17. The smallest absolute Gasteiger partial charge is 0.335 e. The van der Waals surface area contributed by atoms with Gasteiger partial charge in [-0.3, -0.25) is 19.1 Å². The topological polar surface area (TPSA) is 112 Å². The molecule has 174 valence electrons. The van der Waals surface area contributed by atoms with Gasteiger partial charge in [0.15, 0.2) is 0 Å². The summed E-state index contributed by atoms with van der Waals surface area (Å²) in [5.74, 6) is -0.380. The third-order valence-electron chi connectivity index (χ3n) is 5.18. The summed E-state index contributed by atoms with van der Waals surface area (Å²) in [4.78, 5) is 42.1. The van der Waals surface area contributed by atoms with Crippen molar-refractivity contribution in [1.29, 1.82) is 0 Å². The Kier molecular flexibility index (Phi) is 8.09. The fraction of sp³-hybridized carbons (Fsp3) is 0.250. The lowest BCUT2D eigenvalue weighted by molar-refractivity contribution is -0.138. The lowest BCUT2D eigenvalue weighted by Crippen LogP contribution is -2.38. The minimum atomic E-state index is -0.436. The summed E-state index contributed by atoms with van der Waals surface area (Å²) in [5, 5.41) is 0.457. The van der Waals surface area contributed by atoms with Crippen LogP contribution in [0, 0.1) is 6.92 Å². The van der Waals surface area contributed by atoms with Crippen LogP contribution < -0.4 is 21.9 Å². The van der Waals surface area contributed by atoms with Crippen LogP contribution >= 0.6 is 0 Å². The maximum atomic E-state index is 13.3. The largest absolute Gasteiger partial charge is 0.468 e. The number of esters is 1. The van der Waals surface area contributed by atoms with Crippen molar-refractivity contribution in [3.8, 4) is 5.69 Å². The number of methoxy groups -OCH3 is 1. The van der Waals surface area contributed by atoms with E-state index >= 15 is 0 Å². The van der Waals surface area contributed by atoms with Gasteiger partial charge in [-0.1, -0.05) is 18.7 Å². The normalized spacial score (nSPS) is 10.2. The number of hydrogen-bond donors (Lipinski definition) is 1. The predicted octanol–water partition coefficient (Wildman–Crippen LogP) is 2.16. The molecule has 3 aromatic rings. The standard InChI is InChI=1S/C21H22N4O2.C3H7NO2/c1-7-15-13(2)8-10-18(19(15)22-3)25-20(26)16-12-14(23(4)5)9-11-17(16)24(6)21(25)27;1-6-3(5)2-4/h7-12H,1,3H2,2,4-6H3;2,4H2,1H3. The van der Waals surface area contributed by atoms with Crippen molar-refractivity contribution in [1.82, 2.24) is 9.13 Å². The summed E-state index contributed by atoms with van der Waals surface area (Å²) in [6.45, 7) is 9.32. The number of anilines is 1. The molecule has 33 heavy (non-hydrogen) atoms. The molecule has 2 aromatic carbocycles. The van der Waals surface area contributed by atoms with Gasteiger partial charge in [-0.25, -0.2) is 9.36 Å². The summed E-state index contributed by atoms with van der Waals surface area (Å²) in [5.41, 5.74) is 7.99. The van der Waals surface area contributed by atoms with Gasteiger partial charge in [0.05, 0.1) is 35.9 Å². The molecular weight excluding hydrogens is 422 g/mol. The SMILES string of the molecule is C=Cc1c(C)ccc(-n2c(=O)c3cc(N(C)C)ccc3n(C)c2=O)c1N=C.COC(=O)CN. The monoisotopic (exact) mass is 451 g/mol. The summed E-state index contributed by atoms with van der Waals surface area (Å²) in [6, 6.07) is 9.01. The average molecular weight is 452 g/mol. The summed E-state index contributed by atoms with van der Waals surface area (Å²) < 4.78 is 6.76.